The Morgan fingerprint density at radius 1 is 1.64 bits per heavy atom. The highest BCUT2D eigenvalue weighted by molar-refractivity contribution is 7.99. The first kappa shape index (κ1) is 12.3. The lowest BCUT2D eigenvalue weighted by Gasteiger charge is -2.32. The Morgan fingerprint density at radius 2 is 2.43 bits per heavy atom. The Kier molecular flexibility index (Phi) is 5.86. The Morgan fingerprint density at radius 3 is 3.00 bits per heavy atom. The smallest absolute Gasteiger partial charge is 0.0823 e. The van der Waals surface area contributed by atoms with E-state index in [1.807, 2.05) is 6.92 Å². The third-order valence-electron chi connectivity index (χ3n) is 2.45. The molecule has 1 aliphatic rings. The van der Waals surface area contributed by atoms with Gasteiger partial charge in [0.05, 0.1) is 6.10 Å². The van der Waals surface area contributed by atoms with Crippen LogP contribution in [0.2, 0.25) is 0 Å². The fraction of sp³-hybridized carbons (Fsp3) is 1.00. The van der Waals surface area contributed by atoms with Crippen molar-refractivity contribution in [3.05, 3.63) is 0 Å². The van der Waals surface area contributed by atoms with Crippen LogP contribution in [-0.2, 0) is 4.74 Å². The zero-order valence-electron chi connectivity index (χ0n) is 9.24. The van der Waals surface area contributed by atoms with Crippen LogP contribution in [-0.4, -0.2) is 54.8 Å². The zero-order valence-corrected chi connectivity index (χ0v) is 10.1. The number of hydrogen-bond acceptors (Lipinski definition) is 4. The SMILES string of the molecule is CCOC(CN)CN1CCSC(C)C1. The first-order valence-corrected chi connectivity index (χ1v) is 6.46. The van der Waals surface area contributed by atoms with E-state index in [2.05, 4.69) is 23.6 Å². The minimum atomic E-state index is 0.218. The van der Waals surface area contributed by atoms with Crippen LogP contribution in [0.15, 0.2) is 0 Å². The second kappa shape index (κ2) is 6.67. The predicted octanol–water partition coefficient (Wildman–Crippen LogP) is 0.788. The molecule has 1 rings (SSSR count). The van der Waals surface area contributed by atoms with E-state index >= 15 is 0 Å². The minimum absolute atomic E-state index is 0.218. The van der Waals surface area contributed by atoms with Crippen LogP contribution in [0.5, 0.6) is 0 Å². The van der Waals surface area contributed by atoms with E-state index in [0.717, 1.165) is 18.4 Å². The van der Waals surface area contributed by atoms with E-state index in [-0.39, 0.29) is 6.10 Å². The lowest BCUT2D eigenvalue weighted by Crippen LogP contribution is -2.44. The molecule has 2 atom stereocenters. The molecule has 3 nitrogen and oxygen atoms in total. The molecule has 14 heavy (non-hydrogen) atoms. The van der Waals surface area contributed by atoms with E-state index in [1.165, 1.54) is 18.8 Å². The molecule has 0 radical (unpaired) electrons. The first-order chi connectivity index (χ1) is 6.76. The van der Waals surface area contributed by atoms with Gasteiger partial charge in [-0.1, -0.05) is 6.92 Å². The number of rotatable bonds is 5. The van der Waals surface area contributed by atoms with Crippen LogP contribution < -0.4 is 5.73 Å². The van der Waals surface area contributed by atoms with Crippen molar-refractivity contribution in [2.45, 2.75) is 25.2 Å². The molecule has 1 fully saturated rings. The number of nitrogens with zero attached hydrogens (tertiary/aromatic N) is 1. The van der Waals surface area contributed by atoms with Gasteiger partial charge < -0.3 is 10.5 Å². The van der Waals surface area contributed by atoms with E-state index in [1.54, 1.807) is 0 Å². The van der Waals surface area contributed by atoms with Gasteiger partial charge in [0.25, 0.3) is 0 Å². The van der Waals surface area contributed by atoms with Crippen molar-refractivity contribution in [1.29, 1.82) is 0 Å². The van der Waals surface area contributed by atoms with Gasteiger partial charge in [-0.2, -0.15) is 11.8 Å². The summed E-state index contributed by atoms with van der Waals surface area (Å²) in [6, 6.07) is 0. The summed E-state index contributed by atoms with van der Waals surface area (Å²) < 4.78 is 5.56. The molecular formula is C10H22N2OS. The molecule has 1 saturated heterocycles. The topological polar surface area (TPSA) is 38.5 Å². The van der Waals surface area contributed by atoms with Gasteiger partial charge in [-0.15, -0.1) is 0 Å². The average Bonchev–Trinajstić information content (AvgIpc) is 2.17. The fourth-order valence-corrected chi connectivity index (χ4v) is 2.86. The molecule has 0 aromatic heterocycles. The normalized spacial score (nSPS) is 26.4. The van der Waals surface area contributed by atoms with Gasteiger partial charge in [-0.3, -0.25) is 4.90 Å². The fourth-order valence-electron chi connectivity index (χ4n) is 1.78. The highest BCUT2D eigenvalue weighted by Gasteiger charge is 2.19. The molecule has 0 aliphatic carbocycles. The molecule has 84 valence electrons. The maximum Gasteiger partial charge on any atom is 0.0823 e. The summed E-state index contributed by atoms with van der Waals surface area (Å²) >= 11 is 2.06. The number of ether oxygens (including phenoxy) is 1. The van der Waals surface area contributed by atoms with Crippen molar-refractivity contribution in [3.63, 3.8) is 0 Å². The van der Waals surface area contributed by atoms with Crippen LogP contribution in [0.25, 0.3) is 0 Å². The second-order valence-electron chi connectivity index (χ2n) is 3.75. The Labute approximate surface area is 91.4 Å². The van der Waals surface area contributed by atoms with Gasteiger partial charge in [0.1, 0.15) is 0 Å². The van der Waals surface area contributed by atoms with Crippen molar-refractivity contribution in [2.24, 2.45) is 5.73 Å². The van der Waals surface area contributed by atoms with Crippen molar-refractivity contribution in [1.82, 2.24) is 4.90 Å². The highest BCUT2D eigenvalue weighted by Crippen LogP contribution is 2.17. The van der Waals surface area contributed by atoms with Crippen molar-refractivity contribution < 1.29 is 4.74 Å². The van der Waals surface area contributed by atoms with E-state index in [4.69, 9.17) is 10.5 Å². The summed E-state index contributed by atoms with van der Waals surface area (Å²) in [4.78, 5) is 2.47. The number of nitrogens with two attached hydrogens (primary N) is 1. The van der Waals surface area contributed by atoms with Crippen molar-refractivity contribution in [2.75, 3.05) is 38.5 Å². The summed E-state index contributed by atoms with van der Waals surface area (Å²) in [7, 11) is 0. The van der Waals surface area contributed by atoms with Gasteiger partial charge in [0.15, 0.2) is 0 Å². The van der Waals surface area contributed by atoms with Gasteiger partial charge in [0, 0.05) is 43.8 Å². The molecule has 1 aliphatic heterocycles. The van der Waals surface area contributed by atoms with Gasteiger partial charge in [-0.05, 0) is 6.92 Å². The van der Waals surface area contributed by atoms with Crippen LogP contribution in [0.4, 0.5) is 0 Å². The highest BCUT2D eigenvalue weighted by atomic mass is 32.2. The molecule has 0 bridgehead atoms. The quantitative estimate of drug-likeness (QED) is 0.740. The lowest BCUT2D eigenvalue weighted by molar-refractivity contribution is 0.0403. The molecule has 0 saturated carbocycles. The number of thioether (sulfide) groups is 1. The minimum Gasteiger partial charge on any atom is -0.376 e. The third kappa shape index (κ3) is 4.17. The maximum atomic E-state index is 5.65. The van der Waals surface area contributed by atoms with Crippen molar-refractivity contribution >= 4 is 11.8 Å². The predicted molar refractivity (Wildman–Crippen MR) is 62.8 cm³/mol. The zero-order chi connectivity index (χ0) is 10.4. The molecule has 0 aromatic rings. The lowest BCUT2D eigenvalue weighted by atomic mass is 10.3. The molecule has 2 unspecified atom stereocenters. The van der Waals surface area contributed by atoms with Crippen LogP contribution >= 0.6 is 11.8 Å². The molecule has 4 heteroatoms. The molecule has 2 N–H and O–H groups in total. The summed E-state index contributed by atoms with van der Waals surface area (Å²) in [5, 5.41) is 0.754. The third-order valence-corrected chi connectivity index (χ3v) is 3.59. The largest absolute Gasteiger partial charge is 0.376 e. The molecule has 0 amide bonds. The Balaban J connectivity index is 2.26. The van der Waals surface area contributed by atoms with Crippen LogP contribution in [0.1, 0.15) is 13.8 Å². The van der Waals surface area contributed by atoms with E-state index in [9.17, 15) is 0 Å². The van der Waals surface area contributed by atoms with Crippen LogP contribution in [0, 0.1) is 0 Å². The van der Waals surface area contributed by atoms with Crippen molar-refractivity contribution in [3.8, 4) is 0 Å². The maximum absolute atomic E-state index is 5.65. The molecule has 1 heterocycles. The monoisotopic (exact) mass is 218 g/mol. The summed E-state index contributed by atoms with van der Waals surface area (Å²) in [6.07, 6.45) is 0.218. The van der Waals surface area contributed by atoms with Crippen LogP contribution in [0.3, 0.4) is 0 Å². The van der Waals surface area contributed by atoms with Gasteiger partial charge >= 0.3 is 0 Å². The Bertz CT molecular complexity index is 157. The summed E-state index contributed by atoms with van der Waals surface area (Å²) in [6.45, 7) is 9.06. The molecule has 0 spiro atoms. The summed E-state index contributed by atoms with van der Waals surface area (Å²) in [5.74, 6) is 1.24. The second-order valence-corrected chi connectivity index (χ2v) is 5.30. The first-order valence-electron chi connectivity index (χ1n) is 5.41. The van der Waals surface area contributed by atoms with Gasteiger partial charge in [-0.25, -0.2) is 0 Å². The standard InChI is InChI=1S/C10H22N2OS/c1-3-13-10(6-11)8-12-4-5-14-9(2)7-12/h9-10H,3-8,11H2,1-2H3. The van der Waals surface area contributed by atoms with E-state index < -0.39 is 0 Å². The average molecular weight is 218 g/mol. The summed E-state index contributed by atoms with van der Waals surface area (Å²) in [5.41, 5.74) is 5.65. The molecular weight excluding hydrogens is 196 g/mol. The number of hydrogen-bond donors (Lipinski definition) is 1. The van der Waals surface area contributed by atoms with E-state index in [0.29, 0.717) is 6.54 Å². The van der Waals surface area contributed by atoms with Gasteiger partial charge in [0.2, 0.25) is 0 Å². The molecule has 0 aromatic carbocycles. The Hall–Kier alpha value is 0.230.